The van der Waals surface area contributed by atoms with Crippen LogP contribution in [0.1, 0.15) is 36.0 Å². The van der Waals surface area contributed by atoms with Gasteiger partial charge in [0.25, 0.3) is 5.91 Å². The Kier molecular flexibility index (Phi) is 7.27. The van der Waals surface area contributed by atoms with Gasteiger partial charge in [0.05, 0.1) is 22.7 Å². The van der Waals surface area contributed by atoms with E-state index in [0.29, 0.717) is 11.3 Å². The van der Waals surface area contributed by atoms with E-state index in [1.165, 1.54) is 19.2 Å². The molecule has 2 amide bonds. The van der Waals surface area contributed by atoms with E-state index in [1.54, 1.807) is 36.4 Å². The average Bonchev–Trinajstić information content (AvgIpc) is 3.21. The molecule has 0 aromatic heterocycles. The van der Waals surface area contributed by atoms with Gasteiger partial charge in [0, 0.05) is 17.6 Å². The van der Waals surface area contributed by atoms with E-state index in [9.17, 15) is 18.0 Å². The van der Waals surface area contributed by atoms with Crippen molar-refractivity contribution in [1.29, 1.82) is 0 Å². The number of nitrogens with zero attached hydrogens (tertiary/aromatic N) is 1. The molecule has 7 nitrogen and oxygen atoms in total. The second kappa shape index (κ2) is 9.72. The molecule has 30 heavy (non-hydrogen) atoms. The van der Waals surface area contributed by atoms with Crippen molar-refractivity contribution in [2.75, 3.05) is 18.9 Å². The molecule has 9 heteroatoms. The summed E-state index contributed by atoms with van der Waals surface area (Å²) in [6.07, 6.45) is 4.11. The van der Waals surface area contributed by atoms with Crippen LogP contribution in [0.3, 0.4) is 0 Å². The Balaban J connectivity index is 1.67. The first-order chi connectivity index (χ1) is 14.3. The normalized spacial score (nSPS) is 14.6. The molecule has 1 aliphatic rings. The van der Waals surface area contributed by atoms with E-state index in [1.807, 2.05) is 0 Å². The number of sulfonamides is 1. The summed E-state index contributed by atoms with van der Waals surface area (Å²) in [4.78, 5) is 25.2. The van der Waals surface area contributed by atoms with Crippen LogP contribution >= 0.6 is 15.9 Å². The predicted molar refractivity (Wildman–Crippen MR) is 119 cm³/mol. The molecule has 0 heterocycles. The van der Waals surface area contributed by atoms with E-state index in [2.05, 4.69) is 26.6 Å². The lowest BCUT2D eigenvalue weighted by Crippen LogP contribution is -2.36. The molecule has 0 unspecified atom stereocenters. The van der Waals surface area contributed by atoms with E-state index >= 15 is 0 Å². The number of para-hydroxylation sites is 1. The molecule has 160 valence electrons. The first kappa shape index (κ1) is 22.5. The molecule has 2 aromatic carbocycles. The lowest BCUT2D eigenvalue weighted by molar-refractivity contribution is -0.116. The zero-order valence-electron chi connectivity index (χ0n) is 16.6. The van der Waals surface area contributed by atoms with Crippen LogP contribution in [0.25, 0.3) is 0 Å². The zero-order valence-corrected chi connectivity index (χ0v) is 19.0. The van der Waals surface area contributed by atoms with Crippen LogP contribution in [0.5, 0.6) is 0 Å². The predicted octanol–water partition coefficient (Wildman–Crippen LogP) is 3.38. The fourth-order valence-corrected chi connectivity index (χ4v) is 4.78. The molecule has 3 rings (SSSR count). The molecule has 2 aromatic rings. The molecule has 0 aliphatic heterocycles. The molecular formula is C21H24BrN3O4S. The van der Waals surface area contributed by atoms with E-state index in [-0.39, 0.29) is 23.4 Å². The van der Waals surface area contributed by atoms with Gasteiger partial charge in [-0.3, -0.25) is 9.59 Å². The molecule has 0 spiro atoms. The summed E-state index contributed by atoms with van der Waals surface area (Å²) in [6, 6.07) is 13.1. The van der Waals surface area contributed by atoms with Crippen molar-refractivity contribution in [1.82, 2.24) is 9.62 Å². The van der Waals surface area contributed by atoms with Crippen LogP contribution in [0, 0.1) is 0 Å². The quantitative estimate of drug-likeness (QED) is 0.617. The maximum atomic E-state index is 12.7. The highest BCUT2D eigenvalue weighted by Gasteiger charge is 2.24. The summed E-state index contributed by atoms with van der Waals surface area (Å²) in [5.74, 6) is -0.770. The number of benzene rings is 2. The van der Waals surface area contributed by atoms with Crippen molar-refractivity contribution in [2.24, 2.45) is 0 Å². The van der Waals surface area contributed by atoms with Crippen molar-refractivity contribution >= 4 is 43.5 Å². The van der Waals surface area contributed by atoms with Gasteiger partial charge in [0.1, 0.15) is 0 Å². The van der Waals surface area contributed by atoms with Gasteiger partial charge in [-0.2, -0.15) is 4.31 Å². The minimum atomic E-state index is -3.81. The van der Waals surface area contributed by atoms with Gasteiger partial charge in [-0.15, -0.1) is 0 Å². The second-order valence-corrected chi connectivity index (χ2v) is 10.2. The van der Waals surface area contributed by atoms with Crippen LogP contribution in [-0.4, -0.2) is 44.2 Å². The maximum Gasteiger partial charge on any atom is 0.253 e. The van der Waals surface area contributed by atoms with Crippen LogP contribution in [0.2, 0.25) is 0 Å². The van der Waals surface area contributed by atoms with Crippen LogP contribution in [0.4, 0.5) is 5.69 Å². The Morgan fingerprint density at radius 3 is 2.37 bits per heavy atom. The molecule has 1 saturated carbocycles. The van der Waals surface area contributed by atoms with Crippen molar-refractivity contribution in [3.8, 4) is 0 Å². The van der Waals surface area contributed by atoms with Crippen LogP contribution < -0.4 is 10.6 Å². The standard InChI is InChI=1S/C21H24BrN3O4S/c1-25(30(28,29)17-12-10-15(22)11-13-17)14-20(26)24-19-9-5-4-8-18(19)21(27)23-16-6-2-3-7-16/h4-5,8-13,16H,2-3,6-7,14H2,1H3,(H,23,27)(H,24,26). The summed E-state index contributed by atoms with van der Waals surface area (Å²) >= 11 is 3.27. The highest BCUT2D eigenvalue weighted by Crippen LogP contribution is 2.21. The lowest BCUT2D eigenvalue weighted by Gasteiger charge is -2.18. The second-order valence-electron chi connectivity index (χ2n) is 7.26. The summed E-state index contributed by atoms with van der Waals surface area (Å²) in [7, 11) is -2.47. The summed E-state index contributed by atoms with van der Waals surface area (Å²) in [5, 5.41) is 5.67. The molecular weight excluding hydrogens is 470 g/mol. The Morgan fingerprint density at radius 2 is 1.70 bits per heavy atom. The molecule has 0 saturated heterocycles. The van der Waals surface area contributed by atoms with Gasteiger partial charge in [-0.05, 0) is 49.2 Å². The molecule has 0 atom stereocenters. The SMILES string of the molecule is CN(CC(=O)Nc1ccccc1C(=O)NC1CCCC1)S(=O)(=O)c1ccc(Br)cc1. The first-order valence-electron chi connectivity index (χ1n) is 9.69. The molecule has 1 aliphatic carbocycles. The van der Waals surface area contributed by atoms with E-state index < -0.39 is 15.9 Å². The Morgan fingerprint density at radius 1 is 1.07 bits per heavy atom. The molecule has 1 fully saturated rings. The zero-order chi connectivity index (χ0) is 21.7. The minimum absolute atomic E-state index is 0.0948. The third kappa shape index (κ3) is 5.47. The fraction of sp³-hybridized carbons (Fsp3) is 0.333. The summed E-state index contributed by atoms with van der Waals surface area (Å²) in [5.41, 5.74) is 0.712. The Hall–Kier alpha value is -2.23. The fourth-order valence-electron chi connectivity index (χ4n) is 3.39. The number of carbonyl (C=O) groups excluding carboxylic acids is 2. The van der Waals surface area contributed by atoms with E-state index in [4.69, 9.17) is 0 Å². The minimum Gasteiger partial charge on any atom is -0.349 e. The molecule has 0 radical (unpaired) electrons. The number of hydrogen-bond acceptors (Lipinski definition) is 4. The first-order valence-corrected chi connectivity index (χ1v) is 11.9. The number of hydrogen-bond donors (Lipinski definition) is 2. The smallest absolute Gasteiger partial charge is 0.253 e. The van der Waals surface area contributed by atoms with Crippen LogP contribution in [0.15, 0.2) is 57.9 Å². The van der Waals surface area contributed by atoms with Gasteiger partial charge in [-0.25, -0.2) is 8.42 Å². The van der Waals surface area contributed by atoms with Crippen molar-refractivity contribution < 1.29 is 18.0 Å². The number of amides is 2. The maximum absolute atomic E-state index is 12.7. The van der Waals surface area contributed by atoms with Crippen molar-refractivity contribution in [3.63, 3.8) is 0 Å². The monoisotopic (exact) mass is 493 g/mol. The van der Waals surface area contributed by atoms with Gasteiger partial charge in [0.15, 0.2) is 0 Å². The van der Waals surface area contributed by atoms with Gasteiger partial charge < -0.3 is 10.6 Å². The largest absolute Gasteiger partial charge is 0.349 e. The third-order valence-corrected chi connectivity index (χ3v) is 7.37. The number of nitrogens with one attached hydrogen (secondary N) is 2. The van der Waals surface area contributed by atoms with Crippen molar-refractivity contribution in [3.05, 3.63) is 58.6 Å². The number of anilines is 1. The molecule has 0 bridgehead atoms. The third-order valence-electron chi connectivity index (χ3n) is 5.02. The van der Waals surface area contributed by atoms with Gasteiger partial charge in [0.2, 0.25) is 15.9 Å². The summed E-state index contributed by atoms with van der Waals surface area (Å²) in [6.45, 7) is -0.378. The summed E-state index contributed by atoms with van der Waals surface area (Å²) < 4.78 is 27.1. The number of carbonyl (C=O) groups is 2. The Bertz CT molecular complexity index is 1020. The Labute approximate surface area is 185 Å². The topological polar surface area (TPSA) is 95.6 Å². The highest BCUT2D eigenvalue weighted by molar-refractivity contribution is 9.10. The highest BCUT2D eigenvalue weighted by atomic mass is 79.9. The number of rotatable bonds is 7. The number of likely N-dealkylation sites (N-methyl/N-ethyl adjacent to an activating group) is 1. The molecule has 2 N–H and O–H groups in total. The lowest BCUT2D eigenvalue weighted by atomic mass is 10.1. The van der Waals surface area contributed by atoms with Crippen molar-refractivity contribution in [2.45, 2.75) is 36.6 Å². The van der Waals surface area contributed by atoms with Crippen LogP contribution in [-0.2, 0) is 14.8 Å². The van der Waals surface area contributed by atoms with Gasteiger partial charge in [-0.1, -0.05) is 40.9 Å². The number of halogens is 1. The van der Waals surface area contributed by atoms with E-state index in [0.717, 1.165) is 34.5 Å². The van der Waals surface area contributed by atoms with Gasteiger partial charge >= 0.3 is 0 Å². The average molecular weight is 494 g/mol.